The van der Waals surface area contributed by atoms with E-state index < -0.39 is 0 Å². The third-order valence-electron chi connectivity index (χ3n) is 3.46. The van der Waals surface area contributed by atoms with Crippen LogP contribution in [0.25, 0.3) is 0 Å². The lowest BCUT2D eigenvalue weighted by atomic mass is 10.1. The van der Waals surface area contributed by atoms with E-state index in [1.807, 2.05) is 30.3 Å². The number of amides is 1. The summed E-state index contributed by atoms with van der Waals surface area (Å²) < 4.78 is 5.78. The van der Waals surface area contributed by atoms with Crippen molar-refractivity contribution in [2.75, 3.05) is 12.3 Å². The van der Waals surface area contributed by atoms with Crippen molar-refractivity contribution < 1.29 is 14.6 Å². The molecule has 2 N–H and O–H groups in total. The van der Waals surface area contributed by atoms with Gasteiger partial charge in [-0.2, -0.15) is 0 Å². The maximum absolute atomic E-state index is 11.9. The number of ether oxygens (including phenoxy) is 1. The van der Waals surface area contributed by atoms with Crippen LogP contribution in [0.1, 0.15) is 5.56 Å². The second kappa shape index (κ2) is 6.75. The van der Waals surface area contributed by atoms with Crippen molar-refractivity contribution in [3.05, 3.63) is 54.1 Å². The fraction of sp³-hybridized carbons (Fsp3) is 0.235. The summed E-state index contributed by atoms with van der Waals surface area (Å²) in [6.45, 7) is 0.495. The van der Waals surface area contributed by atoms with E-state index in [0.29, 0.717) is 11.4 Å². The monoisotopic (exact) mass is 315 g/mol. The SMILES string of the molecule is O=C(CSc1ccccc1O)NC[C@H]1Cc2ccccc2O1. The molecule has 0 unspecified atom stereocenters. The Labute approximate surface area is 133 Å². The van der Waals surface area contributed by atoms with Gasteiger partial charge in [0.25, 0.3) is 0 Å². The zero-order valence-corrected chi connectivity index (χ0v) is 12.8. The molecule has 0 bridgehead atoms. The number of hydrogen-bond acceptors (Lipinski definition) is 4. The lowest BCUT2D eigenvalue weighted by molar-refractivity contribution is -0.118. The first-order valence-corrected chi connectivity index (χ1v) is 8.13. The highest BCUT2D eigenvalue weighted by atomic mass is 32.2. The van der Waals surface area contributed by atoms with Crippen LogP contribution in [0.3, 0.4) is 0 Å². The Morgan fingerprint density at radius 2 is 2.00 bits per heavy atom. The first kappa shape index (κ1) is 14.8. The number of rotatable bonds is 5. The smallest absolute Gasteiger partial charge is 0.230 e. The molecule has 0 saturated heterocycles. The minimum Gasteiger partial charge on any atom is -0.507 e. The average Bonchev–Trinajstić information content (AvgIpc) is 2.95. The van der Waals surface area contributed by atoms with Crippen molar-refractivity contribution in [1.29, 1.82) is 0 Å². The molecule has 0 saturated carbocycles. The van der Waals surface area contributed by atoms with E-state index in [9.17, 15) is 9.90 Å². The average molecular weight is 315 g/mol. The van der Waals surface area contributed by atoms with Crippen LogP contribution in [0, 0.1) is 0 Å². The molecule has 3 rings (SSSR count). The Hall–Kier alpha value is -2.14. The van der Waals surface area contributed by atoms with E-state index in [1.54, 1.807) is 18.2 Å². The Morgan fingerprint density at radius 1 is 1.23 bits per heavy atom. The number of para-hydroxylation sites is 2. The van der Waals surface area contributed by atoms with E-state index in [0.717, 1.165) is 12.2 Å². The molecule has 1 aliphatic heterocycles. The number of hydrogen-bond donors (Lipinski definition) is 2. The predicted molar refractivity (Wildman–Crippen MR) is 86.4 cm³/mol. The highest BCUT2D eigenvalue weighted by Crippen LogP contribution is 2.28. The van der Waals surface area contributed by atoms with Gasteiger partial charge in [-0.05, 0) is 23.8 Å². The van der Waals surface area contributed by atoms with E-state index in [-0.39, 0.29) is 23.5 Å². The second-order valence-corrected chi connectivity index (χ2v) is 6.13. The van der Waals surface area contributed by atoms with E-state index in [4.69, 9.17) is 4.74 Å². The summed E-state index contributed by atoms with van der Waals surface area (Å²) in [6, 6.07) is 14.9. The molecular formula is C17H17NO3S. The zero-order chi connectivity index (χ0) is 15.4. The maximum atomic E-state index is 11.9. The minimum atomic E-state index is -0.0622. The third kappa shape index (κ3) is 3.54. The number of phenols is 1. The number of nitrogens with one attached hydrogen (secondary N) is 1. The van der Waals surface area contributed by atoms with Gasteiger partial charge in [0.05, 0.1) is 12.3 Å². The number of fused-ring (bicyclic) bond motifs is 1. The summed E-state index contributed by atoms with van der Waals surface area (Å²) in [7, 11) is 0. The first-order chi connectivity index (χ1) is 10.7. The highest BCUT2D eigenvalue weighted by Gasteiger charge is 2.22. The van der Waals surface area contributed by atoms with Gasteiger partial charge < -0.3 is 15.2 Å². The Morgan fingerprint density at radius 3 is 2.82 bits per heavy atom. The molecular weight excluding hydrogens is 298 g/mol. The molecule has 0 aromatic heterocycles. The van der Waals surface area contributed by atoms with Crippen molar-refractivity contribution in [2.24, 2.45) is 0 Å². The lowest BCUT2D eigenvalue weighted by Crippen LogP contribution is -2.35. The van der Waals surface area contributed by atoms with Crippen LogP contribution >= 0.6 is 11.8 Å². The standard InChI is InChI=1S/C17H17NO3S/c19-14-6-2-4-8-16(14)22-11-17(20)18-10-13-9-12-5-1-3-7-15(12)21-13/h1-8,13,19H,9-11H2,(H,18,20)/t13-/m1/s1. The number of carbonyl (C=O) groups excluding carboxylic acids is 1. The van der Waals surface area contributed by atoms with E-state index in [2.05, 4.69) is 5.32 Å². The number of carbonyl (C=O) groups is 1. The van der Waals surface area contributed by atoms with Crippen molar-refractivity contribution in [2.45, 2.75) is 17.4 Å². The van der Waals surface area contributed by atoms with Crippen molar-refractivity contribution in [3.63, 3.8) is 0 Å². The molecule has 5 heteroatoms. The van der Waals surface area contributed by atoms with Crippen LogP contribution in [0.5, 0.6) is 11.5 Å². The quantitative estimate of drug-likeness (QED) is 0.833. The van der Waals surface area contributed by atoms with Gasteiger partial charge in [0.15, 0.2) is 0 Å². The number of benzene rings is 2. The van der Waals surface area contributed by atoms with Gasteiger partial charge >= 0.3 is 0 Å². The molecule has 4 nitrogen and oxygen atoms in total. The molecule has 22 heavy (non-hydrogen) atoms. The molecule has 0 spiro atoms. The largest absolute Gasteiger partial charge is 0.507 e. The van der Waals surface area contributed by atoms with Gasteiger partial charge in [-0.25, -0.2) is 0 Å². The summed E-state index contributed by atoms with van der Waals surface area (Å²) in [4.78, 5) is 12.6. The fourth-order valence-corrected chi connectivity index (χ4v) is 3.15. The maximum Gasteiger partial charge on any atom is 0.230 e. The number of thioether (sulfide) groups is 1. The summed E-state index contributed by atoms with van der Waals surface area (Å²) in [5, 5.41) is 12.5. The van der Waals surface area contributed by atoms with Gasteiger partial charge in [-0.3, -0.25) is 4.79 Å². The van der Waals surface area contributed by atoms with Crippen molar-refractivity contribution in [3.8, 4) is 11.5 Å². The van der Waals surface area contributed by atoms with E-state index >= 15 is 0 Å². The molecule has 0 fully saturated rings. The van der Waals surface area contributed by atoms with Crippen LogP contribution in [-0.2, 0) is 11.2 Å². The molecule has 1 atom stereocenters. The number of phenolic OH excluding ortho intramolecular Hbond substituents is 1. The van der Waals surface area contributed by atoms with Gasteiger partial charge in [0.1, 0.15) is 17.6 Å². The van der Waals surface area contributed by atoms with Crippen molar-refractivity contribution in [1.82, 2.24) is 5.32 Å². The van der Waals surface area contributed by atoms with Crippen LogP contribution in [0.15, 0.2) is 53.4 Å². The third-order valence-corrected chi connectivity index (χ3v) is 4.53. The molecule has 0 radical (unpaired) electrons. The Kier molecular flexibility index (Phi) is 4.53. The van der Waals surface area contributed by atoms with E-state index in [1.165, 1.54) is 17.3 Å². The molecule has 1 heterocycles. The Bertz CT molecular complexity index is 649. The van der Waals surface area contributed by atoms with Crippen molar-refractivity contribution >= 4 is 17.7 Å². The summed E-state index contributed by atoms with van der Waals surface area (Å²) >= 11 is 1.32. The van der Waals surface area contributed by atoms with Gasteiger partial charge in [0.2, 0.25) is 5.91 Å². The van der Waals surface area contributed by atoms with Gasteiger partial charge in [0, 0.05) is 11.3 Å². The molecule has 1 aliphatic rings. The normalized spacial score (nSPS) is 15.9. The Balaban J connectivity index is 1.43. The number of aromatic hydroxyl groups is 1. The van der Waals surface area contributed by atoms with Gasteiger partial charge in [-0.1, -0.05) is 30.3 Å². The topological polar surface area (TPSA) is 58.6 Å². The van der Waals surface area contributed by atoms with Crippen LogP contribution in [0.4, 0.5) is 0 Å². The van der Waals surface area contributed by atoms with Gasteiger partial charge in [-0.15, -0.1) is 11.8 Å². The summed E-state index contributed by atoms with van der Waals surface area (Å²) in [5.74, 6) is 1.32. The minimum absolute atomic E-state index is 0.00326. The summed E-state index contributed by atoms with van der Waals surface area (Å²) in [5.41, 5.74) is 1.19. The first-order valence-electron chi connectivity index (χ1n) is 7.14. The molecule has 2 aromatic carbocycles. The second-order valence-electron chi connectivity index (χ2n) is 5.11. The van der Waals surface area contributed by atoms with Crippen LogP contribution in [-0.4, -0.2) is 29.4 Å². The predicted octanol–water partition coefficient (Wildman–Crippen LogP) is 2.60. The zero-order valence-electron chi connectivity index (χ0n) is 12.0. The molecule has 2 aromatic rings. The van der Waals surface area contributed by atoms with Crippen LogP contribution in [0.2, 0.25) is 0 Å². The lowest BCUT2D eigenvalue weighted by Gasteiger charge is -2.12. The fourth-order valence-electron chi connectivity index (χ4n) is 2.37. The molecule has 0 aliphatic carbocycles. The van der Waals surface area contributed by atoms with Crippen LogP contribution < -0.4 is 10.1 Å². The molecule has 1 amide bonds. The summed E-state index contributed by atoms with van der Waals surface area (Å²) in [6.07, 6.45) is 0.819. The highest BCUT2D eigenvalue weighted by molar-refractivity contribution is 8.00. The molecule has 114 valence electrons.